The molecule has 9 heteroatoms. The van der Waals surface area contributed by atoms with Crippen LogP contribution in [0.4, 0.5) is 21.7 Å². The molecule has 3 aromatic rings. The molecule has 2 unspecified atom stereocenters. The molecule has 0 bridgehead atoms. The Labute approximate surface area is 185 Å². The van der Waals surface area contributed by atoms with Crippen molar-refractivity contribution in [1.29, 1.82) is 0 Å². The molecule has 0 aliphatic heterocycles. The van der Waals surface area contributed by atoms with Gasteiger partial charge in [-0.1, -0.05) is 12.8 Å². The predicted molar refractivity (Wildman–Crippen MR) is 122 cm³/mol. The molecule has 1 fully saturated rings. The van der Waals surface area contributed by atoms with Crippen LogP contribution in [0.1, 0.15) is 36.0 Å². The number of aromatic nitrogens is 3. The molecule has 1 saturated carbocycles. The predicted octanol–water partition coefficient (Wildman–Crippen LogP) is 3.46. The van der Waals surface area contributed by atoms with Crippen LogP contribution in [0.15, 0.2) is 48.8 Å². The SMILES string of the molecule is CNC1CCCCC1Nc1nc(Nc2ccc(-c3ncccn3)cc2)c(C(N)=O)cc1F. The number of likely N-dealkylation sites (N-methyl/N-ethyl adjacent to an activating group) is 1. The molecule has 0 radical (unpaired) electrons. The summed E-state index contributed by atoms with van der Waals surface area (Å²) in [5.74, 6) is -0.470. The van der Waals surface area contributed by atoms with Gasteiger partial charge in [0.25, 0.3) is 5.91 Å². The van der Waals surface area contributed by atoms with Crippen molar-refractivity contribution in [3.63, 3.8) is 0 Å². The van der Waals surface area contributed by atoms with Crippen LogP contribution in [-0.2, 0) is 0 Å². The van der Waals surface area contributed by atoms with Crippen LogP contribution in [0.3, 0.4) is 0 Å². The van der Waals surface area contributed by atoms with Gasteiger partial charge in [0.1, 0.15) is 5.82 Å². The number of primary amides is 1. The van der Waals surface area contributed by atoms with E-state index in [0.717, 1.165) is 37.3 Å². The largest absolute Gasteiger partial charge is 0.365 e. The Balaban J connectivity index is 1.59. The third-order valence-electron chi connectivity index (χ3n) is 5.67. The summed E-state index contributed by atoms with van der Waals surface area (Å²) in [7, 11) is 1.90. The Morgan fingerprint density at radius 2 is 1.75 bits per heavy atom. The number of nitrogens with zero attached hydrogens (tertiary/aromatic N) is 3. The fourth-order valence-corrected chi connectivity index (χ4v) is 3.99. The van der Waals surface area contributed by atoms with E-state index in [0.29, 0.717) is 11.5 Å². The van der Waals surface area contributed by atoms with Gasteiger partial charge in [0, 0.05) is 35.7 Å². The summed E-state index contributed by atoms with van der Waals surface area (Å²) >= 11 is 0. The highest BCUT2D eigenvalue weighted by Crippen LogP contribution is 2.28. The summed E-state index contributed by atoms with van der Waals surface area (Å²) in [4.78, 5) is 24.8. The van der Waals surface area contributed by atoms with E-state index in [1.54, 1.807) is 18.5 Å². The van der Waals surface area contributed by atoms with Crippen LogP contribution in [0.2, 0.25) is 0 Å². The highest BCUT2D eigenvalue weighted by Gasteiger charge is 2.26. The topological polar surface area (TPSA) is 118 Å². The van der Waals surface area contributed by atoms with Crippen molar-refractivity contribution in [2.75, 3.05) is 17.7 Å². The third kappa shape index (κ3) is 4.83. The zero-order valence-corrected chi connectivity index (χ0v) is 17.8. The van der Waals surface area contributed by atoms with Gasteiger partial charge >= 0.3 is 0 Å². The lowest BCUT2D eigenvalue weighted by atomic mass is 9.90. The number of hydrogen-bond acceptors (Lipinski definition) is 7. The number of benzene rings is 1. The number of rotatable bonds is 7. The smallest absolute Gasteiger partial charge is 0.252 e. The zero-order valence-electron chi connectivity index (χ0n) is 17.8. The molecule has 8 nitrogen and oxygen atoms in total. The van der Waals surface area contributed by atoms with Crippen molar-refractivity contribution in [1.82, 2.24) is 20.3 Å². The summed E-state index contributed by atoms with van der Waals surface area (Å²) in [5.41, 5.74) is 6.98. The van der Waals surface area contributed by atoms with Gasteiger partial charge in [0.05, 0.1) is 5.56 Å². The Kier molecular flexibility index (Phi) is 6.55. The van der Waals surface area contributed by atoms with Gasteiger partial charge in [-0.05, 0) is 56.3 Å². The van der Waals surface area contributed by atoms with E-state index in [2.05, 4.69) is 30.9 Å². The minimum absolute atomic E-state index is 0.0164. The standard InChI is InChI=1S/C23H26FN7O/c1-26-18-5-2-3-6-19(18)30-23-17(24)13-16(20(25)32)22(31-23)29-15-9-7-14(8-10-15)21-27-11-4-12-28-21/h4,7-13,18-19,26H,2-3,5-6H2,1H3,(H2,25,32)(H2,29,30,31). The number of hydrogen-bond donors (Lipinski definition) is 4. The number of amides is 1. The van der Waals surface area contributed by atoms with E-state index < -0.39 is 11.7 Å². The number of halogens is 1. The maximum atomic E-state index is 14.8. The first-order valence-electron chi connectivity index (χ1n) is 10.6. The first kappa shape index (κ1) is 21.6. The molecule has 166 valence electrons. The molecule has 32 heavy (non-hydrogen) atoms. The normalized spacial score (nSPS) is 18.2. The van der Waals surface area contributed by atoms with Crippen LogP contribution in [0.5, 0.6) is 0 Å². The molecule has 5 N–H and O–H groups in total. The Hall–Kier alpha value is -3.59. The van der Waals surface area contributed by atoms with E-state index >= 15 is 0 Å². The van der Waals surface area contributed by atoms with Crippen molar-refractivity contribution < 1.29 is 9.18 Å². The Morgan fingerprint density at radius 1 is 1.06 bits per heavy atom. The van der Waals surface area contributed by atoms with Gasteiger partial charge < -0.3 is 21.7 Å². The van der Waals surface area contributed by atoms with Crippen molar-refractivity contribution in [3.8, 4) is 11.4 Å². The van der Waals surface area contributed by atoms with Crippen molar-refractivity contribution >= 4 is 23.2 Å². The maximum absolute atomic E-state index is 14.8. The highest BCUT2D eigenvalue weighted by atomic mass is 19.1. The molecular weight excluding hydrogens is 409 g/mol. The summed E-state index contributed by atoms with van der Waals surface area (Å²) in [6.07, 6.45) is 7.48. The number of nitrogens with one attached hydrogen (secondary N) is 3. The van der Waals surface area contributed by atoms with Gasteiger partial charge in [-0.2, -0.15) is 0 Å². The van der Waals surface area contributed by atoms with Crippen LogP contribution < -0.4 is 21.7 Å². The van der Waals surface area contributed by atoms with Crippen LogP contribution in [0, 0.1) is 5.82 Å². The minimum Gasteiger partial charge on any atom is -0.365 e. The van der Waals surface area contributed by atoms with Gasteiger partial charge in [-0.15, -0.1) is 0 Å². The van der Waals surface area contributed by atoms with E-state index in [1.807, 2.05) is 31.3 Å². The maximum Gasteiger partial charge on any atom is 0.252 e. The second-order valence-corrected chi connectivity index (χ2v) is 7.78. The van der Waals surface area contributed by atoms with Crippen molar-refractivity contribution in [2.24, 2.45) is 5.73 Å². The first-order valence-corrected chi connectivity index (χ1v) is 10.6. The minimum atomic E-state index is -0.759. The third-order valence-corrected chi connectivity index (χ3v) is 5.67. The number of carbonyl (C=O) groups excluding carboxylic acids is 1. The molecular formula is C23H26FN7O. The molecule has 0 saturated heterocycles. The number of carbonyl (C=O) groups is 1. The molecule has 0 spiro atoms. The van der Waals surface area contributed by atoms with Crippen molar-refractivity contribution in [2.45, 2.75) is 37.8 Å². The first-order chi connectivity index (χ1) is 15.5. The molecule has 1 aliphatic carbocycles. The lowest BCUT2D eigenvalue weighted by molar-refractivity contribution is 0.100. The fourth-order valence-electron chi connectivity index (χ4n) is 3.99. The summed E-state index contributed by atoms with van der Waals surface area (Å²) in [5, 5.41) is 9.59. The Bertz CT molecular complexity index is 1080. The van der Waals surface area contributed by atoms with E-state index in [4.69, 9.17) is 5.73 Å². The van der Waals surface area contributed by atoms with Gasteiger partial charge in [0.15, 0.2) is 17.5 Å². The summed E-state index contributed by atoms with van der Waals surface area (Å²) < 4.78 is 14.8. The van der Waals surface area contributed by atoms with E-state index in [-0.39, 0.29) is 29.3 Å². The molecule has 1 aromatic carbocycles. The van der Waals surface area contributed by atoms with Crippen molar-refractivity contribution in [3.05, 3.63) is 60.2 Å². The van der Waals surface area contributed by atoms with Gasteiger partial charge in [0.2, 0.25) is 0 Å². The van der Waals surface area contributed by atoms with Crippen LogP contribution in [-0.4, -0.2) is 40.0 Å². The summed E-state index contributed by atoms with van der Waals surface area (Å²) in [6, 6.07) is 10.5. The fraction of sp³-hybridized carbons (Fsp3) is 0.304. The quantitative estimate of drug-likeness (QED) is 0.449. The number of nitrogens with two attached hydrogens (primary N) is 1. The molecule has 1 aliphatic rings. The number of anilines is 3. The number of pyridine rings is 1. The summed E-state index contributed by atoms with van der Waals surface area (Å²) in [6.45, 7) is 0. The van der Waals surface area contributed by atoms with E-state index in [1.165, 1.54) is 0 Å². The Morgan fingerprint density at radius 3 is 2.41 bits per heavy atom. The lowest BCUT2D eigenvalue weighted by Gasteiger charge is -2.32. The van der Waals surface area contributed by atoms with Crippen LogP contribution in [0.25, 0.3) is 11.4 Å². The second-order valence-electron chi connectivity index (χ2n) is 7.78. The zero-order chi connectivity index (χ0) is 22.5. The van der Waals surface area contributed by atoms with Gasteiger partial charge in [-0.25, -0.2) is 19.3 Å². The lowest BCUT2D eigenvalue weighted by Crippen LogP contribution is -2.45. The van der Waals surface area contributed by atoms with E-state index in [9.17, 15) is 9.18 Å². The molecule has 2 heterocycles. The monoisotopic (exact) mass is 435 g/mol. The second kappa shape index (κ2) is 9.69. The highest BCUT2D eigenvalue weighted by molar-refractivity contribution is 5.98. The van der Waals surface area contributed by atoms with Crippen LogP contribution >= 0.6 is 0 Å². The molecule has 2 aromatic heterocycles. The van der Waals surface area contributed by atoms with Gasteiger partial charge in [-0.3, -0.25) is 4.79 Å². The average molecular weight is 436 g/mol. The molecule has 2 atom stereocenters. The average Bonchev–Trinajstić information content (AvgIpc) is 2.82. The molecule has 1 amide bonds. The molecule has 4 rings (SSSR count).